The lowest BCUT2D eigenvalue weighted by Gasteiger charge is -1.95. The predicted octanol–water partition coefficient (Wildman–Crippen LogP) is 1.94. The summed E-state index contributed by atoms with van der Waals surface area (Å²) < 4.78 is 0. The Morgan fingerprint density at radius 1 is 0.895 bits per heavy atom. The Kier molecular flexibility index (Phi) is 5.62. The fourth-order valence-electron chi connectivity index (χ4n) is 1.29. The third-order valence-electron chi connectivity index (χ3n) is 2.08. The zero-order valence-electron chi connectivity index (χ0n) is 9.98. The molecule has 0 saturated carbocycles. The SMILES string of the molecule is C1=Cc2ccccc2C=CN1.O=C(O)C=CC(=O)O. The zero-order chi connectivity index (χ0) is 14.1. The molecule has 3 N–H and O–H groups in total. The minimum absolute atomic E-state index is 0.558. The van der Waals surface area contributed by atoms with E-state index in [0.29, 0.717) is 12.2 Å². The summed E-state index contributed by atoms with van der Waals surface area (Å²) in [6.45, 7) is 0. The van der Waals surface area contributed by atoms with Gasteiger partial charge in [-0.05, 0) is 23.3 Å². The van der Waals surface area contributed by atoms with E-state index < -0.39 is 11.9 Å². The Labute approximate surface area is 110 Å². The molecule has 0 saturated heterocycles. The molecule has 1 aliphatic heterocycles. The van der Waals surface area contributed by atoms with Crippen LogP contribution in [0.2, 0.25) is 0 Å². The van der Waals surface area contributed by atoms with E-state index in [1.165, 1.54) is 11.1 Å². The van der Waals surface area contributed by atoms with Crippen LogP contribution in [0.3, 0.4) is 0 Å². The fourth-order valence-corrected chi connectivity index (χ4v) is 1.29. The van der Waals surface area contributed by atoms with Crippen molar-refractivity contribution >= 4 is 24.1 Å². The third kappa shape index (κ3) is 5.88. The van der Waals surface area contributed by atoms with E-state index in [4.69, 9.17) is 10.2 Å². The molecule has 5 heteroatoms. The lowest BCUT2D eigenvalue weighted by Crippen LogP contribution is -1.91. The Bertz CT molecular complexity index is 497. The highest BCUT2D eigenvalue weighted by Gasteiger charge is 1.94. The highest BCUT2D eigenvalue weighted by atomic mass is 16.4. The van der Waals surface area contributed by atoms with E-state index in [9.17, 15) is 9.59 Å². The Balaban J connectivity index is 0.000000203. The molecule has 2 rings (SSSR count). The van der Waals surface area contributed by atoms with E-state index in [0.717, 1.165) is 0 Å². The van der Waals surface area contributed by atoms with Crippen molar-refractivity contribution in [2.45, 2.75) is 0 Å². The van der Waals surface area contributed by atoms with Crippen molar-refractivity contribution in [2.24, 2.45) is 0 Å². The molecule has 5 nitrogen and oxygen atoms in total. The first-order chi connectivity index (χ1) is 9.09. The second kappa shape index (κ2) is 7.50. The lowest BCUT2D eigenvalue weighted by molar-refractivity contribution is -0.134. The molecule has 98 valence electrons. The largest absolute Gasteiger partial charge is 0.478 e. The molecule has 0 aliphatic carbocycles. The normalized spacial score (nSPS) is 11.8. The molecule has 1 aliphatic rings. The molecule has 0 spiro atoms. The van der Waals surface area contributed by atoms with Gasteiger partial charge in [0.05, 0.1) is 0 Å². The highest BCUT2D eigenvalue weighted by molar-refractivity contribution is 5.89. The van der Waals surface area contributed by atoms with Crippen LogP contribution < -0.4 is 5.32 Å². The van der Waals surface area contributed by atoms with Crippen molar-refractivity contribution in [3.8, 4) is 0 Å². The Morgan fingerprint density at radius 3 is 1.68 bits per heavy atom. The van der Waals surface area contributed by atoms with Crippen molar-refractivity contribution in [3.63, 3.8) is 0 Å². The van der Waals surface area contributed by atoms with Gasteiger partial charge in [0, 0.05) is 24.6 Å². The van der Waals surface area contributed by atoms with Crippen LogP contribution in [-0.2, 0) is 9.59 Å². The number of fused-ring (bicyclic) bond motifs is 1. The van der Waals surface area contributed by atoms with Gasteiger partial charge in [-0.15, -0.1) is 0 Å². The van der Waals surface area contributed by atoms with Crippen LogP contribution in [0.5, 0.6) is 0 Å². The Hall–Kier alpha value is -2.82. The van der Waals surface area contributed by atoms with Gasteiger partial charge in [0.25, 0.3) is 0 Å². The molecular formula is C14H13NO4. The summed E-state index contributed by atoms with van der Waals surface area (Å²) in [4.78, 5) is 19.1. The Morgan fingerprint density at radius 2 is 1.32 bits per heavy atom. The summed E-state index contributed by atoms with van der Waals surface area (Å²) in [7, 11) is 0. The standard InChI is InChI=1S/C10H9N.C4H4O4/c1-2-4-10-6-8-11-7-5-9(10)3-1;5-3(6)1-2-4(7)8/h1-8,11H;1-2H,(H,5,6)(H,7,8). The first-order valence-corrected chi connectivity index (χ1v) is 5.41. The van der Waals surface area contributed by atoms with Crippen LogP contribution in [0, 0.1) is 0 Å². The molecular weight excluding hydrogens is 246 g/mol. The third-order valence-corrected chi connectivity index (χ3v) is 2.08. The number of nitrogens with one attached hydrogen (secondary N) is 1. The van der Waals surface area contributed by atoms with E-state index in [1.54, 1.807) is 0 Å². The second-order valence-corrected chi connectivity index (χ2v) is 3.47. The molecule has 1 aromatic rings. The average Bonchev–Trinajstić information content (AvgIpc) is 2.62. The number of carboxylic acids is 2. The van der Waals surface area contributed by atoms with Crippen LogP contribution >= 0.6 is 0 Å². The van der Waals surface area contributed by atoms with Crippen molar-refractivity contribution in [2.75, 3.05) is 0 Å². The average molecular weight is 259 g/mol. The monoisotopic (exact) mass is 259 g/mol. The first kappa shape index (κ1) is 14.2. The van der Waals surface area contributed by atoms with Crippen LogP contribution in [0.1, 0.15) is 11.1 Å². The van der Waals surface area contributed by atoms with Gasteiger partial charge in [-0.2, -0.15) is 0 Å². The number of aliphatic carboxylic acids is 2. The van der Waals surface area contributed by atoms with Crippen molar-refractivity contribution in [1.82, 2.24) is 5.32 Å². The van der Waals surface area contributed by atoms with Crippen molar-refractivity contribution in [1.29, 1.82) is 0 Å². The maximum Gasteiger partial charge on any atom is 0.328 e. The van der Waals surface area contributed by atoms with Crippen molar-refractivity contribution < 1.29 is 19.8 Å². The van der Waals surface area contributed by atoms with Gasteiger partial charge in [0.15, 0.2) is 0 Å². The van der Waals surface area contributed by atoms with Gasteiger partial charge in [-0.25, -0.2) is 9.59 Å². The van der Waals surface area contributed by atoms with E-state index >= 15 is 0 Å². The first-order valence-electron chi connectivity index (χ1n) is 5.41. The van der Waals surface area contributed by atoms with Gasteiger partial charge in [-0.1, -0.05) is 24.3 Å². The summed E-state index contributed by atoms with van der Waals surface area (Å²) >= 11 is 0. The number of carboxylic acid groups (broad SMARTS) is 2. The van der Waals surface area contributed by atoms with Gasteiger partial charge in [0.2, 0.25) is 0 Å². The summed E-state index contributed by atoms with van der Waals surface area (Å²) in [6.07, 6.45) is 9.11. The molecule has 0 atom stereocenters. The smallest absolute Gasteiger partial charge is 0.328 e. The number of rotatable bonds is 2. The molecule has 0 aromatic heterocycles. The van der Waals surface area contributed by atoms with Crippen LogP contribution in [-0.4, -0.2) is 22.2 Å². The summed E-state index contributed by atoms with van der Waals surface area (Å²) in [6, 6.07) is 8.29. The molecule has 0 radical (unpaired) electrons. The second-order valence-electron chi connectivity index (χ2n) is 3.47. The number of hydrogen-bond donors (Lipinski definition) is 3. The fraction of sp³-hybridized carbons (Fsp3) is 0. The molecule has 0 amide bonds. The van der Waals surface area contributed by atoms with Gasteiger partial charge < -0.3 is 15.5 Å². The van der Waals surface area contributed by atoms with E-state index in [1.807, 2.05) is 24.5 Å². The van der Waals surface area contributed by atoms with Crippen LogP contribution in [0.25, 0.3) is 12.2 Å². The quantitative estimate of drug-likeness (QED) is 0.706. The minimum Gasteiger partial charge on any atom is -0.478 e. The van der Waals surface area contributed by atoms with E-state index in [-0.39, 0.29) is 0 Å². The number of hydrogen-bond acceptors (Lipinski definition) is 3. The summed E-state index contributed by atoms with van der Waals surface area (Å²) in [5.74, 6) is -2.51. The molecule has 0 fully saturated rings. The molecule has 0 bridgehead atoms. The topological polar surface area (TPSA) is 86.6 Å². The number of benzene rings is 1. The predicted molar refractivity (Wildman–Crippen MR) is 72.1 cm³/mol. The minimum atomic E-state index is -1.26. The van der Waals surface area contributed by atoms with Crippen LogP contribution in [0.15, 0.2) is 48.8 Å². The maximum absolute atomic E-state index is 9.55. The van der Waals surface area contributed by atoms with Crippen LogP contribution in [0.4, 0.5) is 0 Å². The molecule has 0 unspecified atom stereocenters. The molecule has 1 aromatic carbocycles. The van der Waals surface area contributed by atoms with Crippen molar-refractivity contribution in [3.05, 3.63) is 59.9 Å². The maximum atomic E-state index is 9.55. The number of carbonyl (C=O) groups is 2. The summed E-state index contributed by atoms with van der Waals surface area (Å²) in [5.41, 5.74) is 2.52. The molecule has 1 heterocycles. The molecule has 19 heavy (non-hydrogen) atoms. The lowest BCUT2D eigenvalue weighted by atomic mass is 10.1. The zero-order valence-corrected chi connectivity index (χ0v) is 9.98. The van der Waals surface area contributed by atoms with Gasteiger partial charge >= 0.3 is 11.9 Å². The summed E-state index contributed by atoms with van der Waals surface area (Å²) in [5, 5.41) is 18.7. The van der Waals surface area contributed by atoms with E-state index in [2.05, 4.69) is 29.6 Å². The van der Waals surface area contributed by atoms with Gasteiger partial charge in [-0.3, -0.25) is 0 Å². The highest BCUT2D eigenvalue weighted by Crippen LogP contribution is 2.13. The van der Waals surface area contributed by atoms with Gasteiger partial charge in [0.1, 0.15) is 0 Å².